The van der Waals surface area contributed by atoms with Crippen LogP contribution >= 0.6 is 7.94 Å². The number of halogens is 3. The molecule has 3 nitrogen and oxygen atoms in total. The van der Waals surface area contributed by atoms with E-state index in [0.717, 1.165) is 0 Å². The zero-order chi connectivity index (χ0) is 6.62. The van der Waals surface area contributed by atoms with E-state index in [9.17, 15) is 13.6 Å². The van der Waals surface area contributed by atoms with Crippen molar-refractivity contribution >= 4 is 7.94 Å². The van der Waals surface area contributed by atoms with Crippen molar-refractivity contribution in [3.8, 4) is 0 Å². The molecule has 0 fully saturated rings. The van der Waals surface area contributed by atoms with Crippen LogP contribution in [0.1, 0.15) is 0 Å². The van der Waals surface area contributed by atoms with E-state index in [0.29, 0.717) is 6.66 Å². The molecule has 0 atom stereocenters. The first-order valence-electron chi connectivity index (χ1n) is 1.58. The van der Waals surface area contributed by atoms with Gasteiger partial charge in [0.05, 0.1) is 0 Å². The van der Waals surface area contributed by atoms with E-state index in [1.54, 1.807) is 0 Å². The van der Waals surface area contributed by atoms with Crippen LogP contribution in [0.15, 0.2) is 0 Å². The SMILES string of the molecule is C[PH](OF)(OF)OF. The van der Waals surface area contributed by atoms with Crippen molar-refractivity contribution in [1.82, 2.24) is 0 Å². The molecule has 0 radical (unpaired) electrons. The van der Waals surface area contributed by atoms with Gasteiger partial charge in [0.15, 0.2) is 0 Å². The van der Waals surface area contributed by atoms with Gasteiger partial charge in [-0.05, 0) is 0 Å². The molecule has 0 unspecified atom stereocenters. The molecule has 0 aliphatic heterocycles. The first kappa shape index (κ1) is 8.10. The number of rotatable bonds is 3. The molecular formula is CH4F3O3P. The summed E-state index contributed by atoms with van der Waals surface area (Å²) in [7, 11) is -4.17. The normalized spacial score (nSPS) is 14.0. The van der Waals surface area contributed by atoms with E-state index in [2.05, 4.69) is 14.2 Å². The Morgan fingerprint density at radius 2 is 1.25 bits per heavy atom. The summed E-state index contributed by atoms with van der Waals surface area (Å²) >= 11 is 0. The molecule has 0 aromatic heterocycles. The van der Waals surface area contributed by atoms with Gasteiger partial charge in [-0.2, -0.15) is 0 Å². The van der Waals surface area contributed by atoms with Crippen molar-refractivity contribution in [1.29, 1.82) is 0 Å². The van der Waals surface area contributed by atoms with Crippen LogP contribution in [-0.4, -0.2) is 6.66 Å². The second-order valence-electron chi connectivity index (χ2n) is 1.09. The number of hydrogen-bond donors (Lipinski definition) is 0. The average molecular weight is 152 g/mol. The summed E-state index contributed by atoms with van der Waals surface area (Å²) in [5.74, 6) is 0. The van der Waals surface area contributed by atoms with Crippen molar-refractivity contribution in [2.24, 2.45) is 0 Å². The third-order valence-corrected chi connectivity index (χ3v) is 1.26. The predicted octanol–water partition coefficient (Wildman–Crippen LogP) is 1.81. The standard InChI is InChI=1S/CH4F3O3P/c1-8(5-2,6-3)7-4/h8H,1H3. The van der Waals surface area contributed by atoms with Gasteiger partial charge in [0.2, 0.25) is 0 Å². The van der Waals surface area contributed by atoms with Crippen LogP contribution < -0.4 is 0 Å². The molecule has 8 heavy (non-hydrogen) atoms. The van der Waals surface area contributed by atoms with E-state index in [4.69, 9.17) is 0 Å². The molecule has 52 valence electrons. The zero-order valence-electron chi connectivity index (χ0n) is 3.86. The molecule has 0 amide bonds. The van der Waals surface area contributed by atoms with Crippen molar-refractivity contribution < 1.29 is 27.8 Å². The summed E-state index contributed by atoms with van der Waals surface area (Å²) in [5, 5.41) is 0. The van der Waals surface area contributed by atoms with Gasteiger partial charge in [0.25, 0.3) is 0 Å². The Hall–Kier alpha value is 0.100. The minimum atomic E-state index is -4.17. The van der Waals surface area contributed by atoms with Gasteiger partial charge in [-0.1, -0.05) is 0 Å². The molecule has 0 aliphatic rings. The van der Waals surface area contributed by atoms with Gasteiger partial charge in [-0.3, -0.25) is 0 Å². The van der Waals surface area contributed by atoms with Gasteiger partial charge < -0.3 is 0 Å². The van der Waals surface area contributed by atoms with Gasteiger partial charge in [-0.25, -0.2) is 0 Å². The second kappa shape index (κ2) is 3.19. The molecule has 0 spiro atoms. The van der Waals surface area contributed by atoms with Crippen LogP contribution in [-0.2, 0) is 14.2 Å². The van der Waals surface area contributed by atoms with Crippen molar-refractivity contribution in [3.63, 3.8) is 0 Å². The fourth-order valence-electron chi connectivity index (χ4n) is 0.0357. The van der Waals surface area contributed by atoms with Crippen LogP contribution in [0.5, 0.6) is 0 Å². The fraction of sp³-hybridized carbons (Fsp3) is 1.00. The second-order valence-corrected chi connectivity index (χ2v) is 3.28. The molecule has 0 aromatic rings. The third kappa shape index (κ3) is 1.92. The molecule has 7 heteroatoms. The Morgan fingerprint density at radius 3 is 1.25 bits per heavy atom. The van der Waals surface area contributed by atoms with Crippen molar-refractivity contribution in [3.05, 3.63) is 0 Å². The van der Waals surface area contributed by atoms with Crippen molar-refractivity contribution in [2.45, 2.75) is 0 Å². The van der Waals surface area contributed by atoms with Gasteiger partial charge >= 0.3 is 42.4 Å². The summed E-state index contributed by atoms with van der Waals surface area (Å²) in [6.07, 6.45) is 0. The summed E-state index contributed by atoms with van der Waals surface area (Å²) in [6, 6.07) is 0. The third-order valence-electron chi connectivity index (χ3n) is 0.420. The average Bonchev–Trinajstić information content (AvgIpc) is 1.87. The summed E-state index contributed by atoms with van der Waals surface area (Å²) < 4.78 is 40.7. The van der Waals surface area contributed by atoms with Gasteiger partial charge in [0, 0.05) is 0 Å². The molecule has 0 bridgehead atoms. The molecule has 0 saturated heterocycles. The summed E-state index contributed by atoms with van der Waals surface area (Å²) in [5.41, 5.74) is 0. The Morgan fingerprint density at radius 1 is 1.00 bits per heavy atom. The molecular weight excluding hydrogens is 148 g/mol. The van der Waals surface area contributed by atoms with E-state index < -0.39 is 7.94 Å². The molecule has 0 saturated carbocycles. The summed E-state index contributed by atoms with van der Waals surface area (Å²) in [4.78, 5) is 0. The molecule has 0 rings (SSSR count). The van der Waals surface area contributed by atoms with E-state index in [1.807, 2.05) is 0 Å². The summed E-state index contributed by atoms with van der Waals surface area (Å²) in [6.45, 7) is 0.701. The van der Waals surface area contributed by atoms with Crippen LogP contribution in [0.2, 0.25) is 0 Å². The topological polar surface area (TPSA) is 27.7 Å². The predicted molar refractivity (Wildman–Crippen MR) is 20.8 cm³/mol. The van der Waals surface area contributed by atoms with Crippen molar-refractivity contribution in [2.75, 3.05) is 6.66 Å². The van der Waals surface area contributed by atoms with Crippen LogP contribution in [0.3, 0.4) is 0 Å². The van der Waals surface area contributed by atoms with E-state index >= 15 is 0 Å². The van der Waals surface area contributed by atoms with E-state index in [1.165, 1.54) is 0 Å². The van der Waals surface area contributed by atoms with Crippen LogP contribution in [0.25, 0.3) is 0 Å². The van der Waals surface area contributed by atoms with Crippen LogP contribution in [0, 0.1) is 0 Å². The first-order valence-corrected chi connectivity index (χ1v) is 3.80. The fourth-order valence-corrected chi connectivity index (χ4v) is 0.107. The van der Waals surface area contributed by atoms with Gasteiger partial charge in [0.1, 0.15) is 0 Å². The molecule has 0 N–H and O–H groups in total. The molecule has 0 aliphatic carbocycles. The minimum absolute atomic E-state index is 0.701. The quantitative estimate of drug-likeness (QED) is 0.577. The molecule has 0 aromatic carbocycles. The monoisotopic (exact) mass is 152 g/mol. The molecule has 0 heterocycles. The van der Waals surface area contributed by atoms with E-state index in [-0.39, 0.29) is 0 Å². The maximum absolute atomic E-state index is 10.9. The Balaban J connectivity index is 3.58. The Kier molecular flexibility index (Phi) is 3.23. The Bertz CT molecular complexity index is 57.3. The number of hydrogen-bond acceptors (Lipinski definition) is 3. The van der Waals surface area contributed by atoms with Crippen LogP contribution in [0.4, 0.5) is 13.6 Å². The van der Waals surface area contributed by atoms with Gasteiger partial charge in [-0.15, -0.1) is 0 Å². The first-order chi connectivity index (χ1) is 3.68. The zero-order valence-corrected chi connectivity index (χ0v) is 4.86. The Labute approximate surface area is 43.6 Å². The maximum atomic E-state index is 10.9.